The fourth-order valence-electron chi connectivity index (χ4n) is 3.56. The minimum absolute atomic E-state index is 0.385. The van der Waals surface area contributed by atoms with E-state index in [2.05, 4.69) is 43.8 Å². The molecule has 0 aromatic heterocycles. The molecular weight excluding hydrogens is 448 g/mol. The topological polar surface area (TPSA) is 151 Å². The third kappa shape index (κ3) is 20.9. The molecule has 11 nitrogen and oxygen atoms in total. The van der Waals surface area contributed by atoms with Gasteiger partial charge in [-0.25, -0.2) is 4.42 Å². The summed E-state index contributed by atoms with van der Waals surface area (Å²) in [5.41, 5.74) is 3.94. The summed E-state index contributed by atoms with van der Waals surface area (Å²) in [7, 11) is 3.77. The Kier molecular flexibility index (Phi) is 22.2. The van der Waals surface area contributed by atoms with Gasteiger partial charge in [-0.3, -0.25) is 9.80 Å². The second kappa shape index (κ2) is 22.3. The van der Waals surface area contributed by atoms with Crippen LogP contribution in [0, 0.1) is 0 Å². The molecule has 11 N–H and O–H groups in total. The molecule has 0 aliphatic heterocycles. The van der Waals surface area contributed by atoms with Gasteiger partial charge in [-0.05, 0) is 18.3 Å². The van der Waals surface area contributed by atoms with Gasteiger partial charge in [0.2, 0.25) is 0 Å². The number of nitrogens with two attached hydrogens (primary N) is 1. The van der Waals surface area contributed by atoms with Crippen LogP contribution in [0.25, 0.3) is 0 Å². The number of aliphatic hydroxyl groups excluding tert-OH is 3. The smallest absolute Gasteiger partial charge is 0.0880 e. The van der Waals surface area contributed by atoms with E-state index in [1.807, 2.05) is 6.92 Å². The highest BCUT2D eigenvalue weighted by Gasteiger charge is 2.19. The number of quaternary nitrogens is 2. The molecule has 200 valence electrons. The van der Waals surface area contributed by atoms with Crippen molar-refractivity contribution in [2.24, 2.45) is 0 Å². The monoisotopic (exact) mass is 500 g/mol. The average molecular weight is 501 g/mol. The fraction of sp³-hybridized carbons (Fsp3) is 1.00. The minimum atomic E-state index is -0.550. The van der Waals surface area contributed by atoms with Crippen LogP contribution >= 0.6 is 11.8 Å². The van der Waals surface area contributed by atoms with Crippen LogP contribution < -0.4 is 27.0 Å². The molecule has 0 saturated carbocycles. The summed E-state index contributed by atoms with van der Waals surface area (Å²) in [5.74, 6) is 0. The van der Waals surface area contributed by atoms with Crippen LogP contribution in [0.1, 0.15) is 6.92 Å². The molecular formula is C21H53ClN8O3+2. The van der Waals surface area contributed by atoms with Crippen molar-refractivity contribution in [3.63, 3.8) is 0 Å². The van der Waals surface area contributed by atoms with Crippen LogP contribution in [-0.4, -0.2) is 160 Å². The number of likely N-dealkylation sites (N-methyl/N-ethyl adjacent to an activating group) is 3. The first-order valence-corrected chi connectivity index (χ1v) is 12.7. The second-order valence-corrected chi connectivity index (χ2v) is 9.20. The van der Waals surface area contributed by atoms with Crippen LogP contribution in [0.5, 0.6) is 0 Å². The van der Waals surface area contributed by atoms with Crippen LogP contribution in [0.2, 0.25) is 0 Å². The van der Waals surface area contributed by atoms with Gasteiger partial charge in [0.1, 0.15) is 0 Å². The molecule has 0 amide bonds. The van der Waals surface area contributed by atoms with E-state index in [0.29, 0.717) is 52.4 Å². The van der Waals surface area contributed by atoms with Gasteiger partial charge in [0.15, 0.2) is 0 Å². The summed E-state index contributed by atoms with van der Waals surface area (Å²) >= 11 is 5.86. The van der Waals surface area contributed by atoms with E-state index in [4.69, 9.17) is 11.8 Å². The molecule has 33 heavy (non-hydrogen) atoms. The van der Waals surface area contributed by atoms with Crippen LogP contribution in [-0.2, 0) is 0 Å². The van der Waals surface area contributed by atoms with Crippen molar-refractivity contribution in [3.8, 4) is 0 Å². The zero-order valence-electron chi connectivity index (χ0n) is 21.2. The Morgan fingerprint density at radius 1 is 0.818 bits per heavy atom. The molecule has 3 atom stereocenters. The zero-order valence-corrected chi connectivity index (χ0v) is 21.9. The van der Waals surface area contributed by atoms with E-state index >= 15 is 0 Å². The van der Waals surface area contributed by atoms with Crippen molar-refractivity contribution >= 4 is 11.8 Å². The van der Waals surface area contributed by atoms with Gasteiger partial charge in [-0.15, -0.1) is 0 Å². The molecule has 0 fully saturated rings. The van der Waals surface area contributed by atoms with Gasteiger partial charge in [0.25, 0.3) is 0 Å². The molecule has 0 aromatic carbocycles. The third-order valence-electron chi connectivity index (χ3n) is 5.17. The van der Waals surface area contributed by atoms with Crippen molar-refractivity contribution in [1.29, 1.82) is 0 Å². The molecule has 3 unspecified atom stereocenters. The Morgan fingerprint density at radius 2 is 1.39 bits per heavy atom. The van der Waals surface area contributed by atoms with Gasteiger partial charge >= 0.3 is 0 Å². The van der Waals surface area contributed by atoms with Crippen molar-refractivity contribution in [3.05, 3.63) is 0 Å². The van der Waals surface area contributed by atoms with Gasteiger partial charge in [0, 0.05) is 85.6 Å². The first kappa shape index (κ1) is 32.8. The largest absolute Gasteiger partial charge is 0.390 e. The fourth-order valence-corrected chi connectivity index (χ4v) is 3.72. The second-order valence-electron chi connectivity index (χ2n) is 8.62. The first-order valence-electron chi connectivity index (χ1n) is 12.4. The lowest BCUT2D eigenvalue weighted by Crippen LogP contribution is -2.81. The van der Waals surface area contributed by atoms with E-state index in [1.54, 1.807) is 7.05 Å². The van der Waals surface area contributed by atoms with Crippen LogP contribution in [0.4, 0.5) is 0 Å². The van der Waals surface area contributed by atoms with Crippen molar-refractivity contribution in [2.45, 2.75) is 25.2 Å². The minimum Gasteiger partial charge on any atom is -0.390 e. The van der Waals surface area contributed by atoms with Gasteiger partial charge in [-0.2, -0.15) is 0 Å². The summed E-state index contributed by atoms with van der Waals surface area (Å²) in [6, 6.07) is 0. The number of halogens is 1. The molecule has 0 saturated heterocycles. The third-order valence-corrected chi connectivity index (χ3v) is 5.31. The Balaban J connectivity index is 4.63. The van der Waals surface area contributed by atoms with Gasteiger partial charge < -0.3 is 42.3 Å². The summed E-state index contributed by atoms with van der Waals surface area (Å²) in [5, 5.41) is 43.2. The maximum Gasteiger partial charge on any atom is 0.0880 e. The van der Waals surface area contributed by atoms with E-state index in [9.17, 15) is 15.3 Å². The van der Waals surface area contributed by atoms with E-state index in [-0.39, 0.29) is 0 Å². The molecule has 0 aliphatic rings. The number of rotatable bonds is 24. The maximum atomic E-state index is 10.6. The number of nitrogens with zero attached hydrogens (tertiary/aromatic N) is 3. The SMILES string of the molecule is CCNCC(O)CN(CCN(CC[NH3+])CC(O)CN(C)Cl)CC(O)CNCCNCC[NH2+]C. The van der Waals surface area contributed by atoms with Crippen molar-refractivity contribution in [1.82, 2.24) is 30.2 Å². The molecule has 0 heterocycles. The van der Waals surface area contributed by atoms with E-state index in [0.717, 1.165) is 45.8 Å². The molecule has 0 spiro atoms. The normalized spacial score (nSPS) is 15.0. The predicted molar refractivity (Wildman–Crippen MR) is 134 cm³/mol. The Bertz CT molecular complexity index is 429. The number of aliphatic hydroxyl groups is 3. The Labute approximate surface area is 206 Å². The average Bonchev–Trinajstić information content (AvgIpc) is 2.74. The Morgan fingerprint density at radius 3 is 1.97 bits per heavy atom. The lowest BCUT2D eigenvalue weighted by Gasteiger charge is -2.31. The van der Waals surface area contributed by atoms with Crippen molar-refractivity contribution in [2.75, 3.05) is 112 Å². The summed E-state index contributed by atoms with van der Waals surface area (Å²) in [6.07, 6.45) is -1.59. The van der Waals surface area contributed by atoms with Gasteiger partial charge in [0.05, 0.1) is 38.4 Å². The summed E-state index contributed by atoms with van der Waals surface area (Å²) < 4.78 is 1.46. The summed E-state index contributed by atoms with van der Waals surface area (Å²) in [4.78, 5) is 4.26. The van der Waals surface area contributed by atoms with Gasteiger partial charge in [-0.1, -0.05) is 6.92 Å². The van der Waals surface area contributed by atoms with Crippen LogP contribution in [0.3, 0.4) is 0 Å². The number of nitrogens with one attached hydrogen (secondary N) is 3. The first-order chi connectivity index (χ1) is 15.8. The maximum absolute atomic E-state index is 10.6. The highest BCUT2D eigenvalue weighted by Crippen LogP contribution is 2.01. The predicted octanol–water partition coefficient (Wildman–Crippen LogP) is -5.02. The lowest BCUT2D eigenvalue weighted by molar-refractivity contribution is -0.625. The van der Waals surface area contributed by atoms with E-state index < -0.39 is 18.3 Å². The standard InChI is InChI=1S/C21H51ClN8O3/c1-4-25-13-19(31)16-30(17-20(32)14-27-9-8-26-7-6-24-2)12-11-29(10-5-23)18-21(33)15-28(3)22/h19-21,24-27,31-33H,4-18,23H2,1-3H3/p+2. The summed E-state index contributed by atoms with van der Waals surface area (Å²) in [6.45, 7) is 12.3. The molecule has 12 heteroatoms. The highest BCUT2D eigenvalue weighted by molar-refractivity contribution is 6.13. The number of hydrogen-bond acceptors (Lipinski definition) is 9. The van der Waals surface area contributed by atoms with Crippen LogP contribution in [0.15, 0.2) is 0 Å². The van der Waals surface area contributed by atoms with Crippen molar-refractivity contribution < 1.29 is 26.4 Å². The quantitative estimate of drug-likeness (QED) is 0.0481. The molecule has 0 rings (SSSR count). The number of hydrogen-bond donors (Lipinski definition) is 8. The lowest BCUT2D eigenvalue weighted by atomic mass is 10.2. The Hall–Kier alpha value is -0.150. The zero-order chi connectivity index (χ0) is 24.9. The van der Waals surface area contributed by atoms with E-state index in [1.165, 1.54) is 4.42 Å². The molecule has 0 aromatic rings. The molecule has 0 bridgehead atoms. The molecule has 0 aliphatic carbocycles. The highest BCUT2D eigenvalue weighted by atomic mass is 35.5. The molecule has 0 radical (unpaired) electrons.